The largest absolute Gasteiger partial charge is 0.379 e. The number of hydrogen-bond acceptors (Lipinski definition) is 6. The van der Waals surface area contributed by atoms with E-state index in [1.54, 1.807) is 4.90 Å². The molecule has 22 heavy (non-hydrogen) atoms. The minimum absolute atomic E-state index is 0.0303. The van der Waals surface area contributed by atoms with E-state index in [2.05, 4.69) is 4.90 Å². The van der Waals surface area contributed by atoms with Gasteiger partial charge < -0.3 is 14.4 Å². The maximum Gasteiger partial charge on any atom is 0.222 e. The van der Waals surface area contributed by atoms with Crippen LogP contribution in [0.25, 0.3) is 0 Å². The lowest BCUT2D eigenvalue weighted by Gasteiger charge is -2.52. The van der Waals surface area contributed by atoms with Crippen LogP contribution in [0.5, 0.6) is 0 Å². The van der Waals surface area contributed by atoms with Gasteiger partial charge in [-0.15, -0.1) is 0 Å². The summed E-state index contributed by atoms with van der Waals surface area (Å²) in [6.07, 6.45) is 0.447. The second-order valence-corrected chi connectivity index (χ2v) is 8.72. The van der Waals surface area contributed by atoms with E-state index in [1.807, 2.05) is 6.92 Å². The molecule has 7 nitrogen and oxygen atoms in total. The van der Waals surface area contributed by atoms with Gasteiger partial charge in [0.05, 0.1) is 43.9 Å². The summed E-state index contributed by atoms with van der Waals surface area (Å²) in [5.74, 6) is 0.0877. The highest BCUT2D eigenvalue weighted by atomic mass is 32.2. The highest BCUT2D eigenvalue weighted by Gasteiger charge is 2.53. The Morgan fingerprint density at radius 2 is 1.95 bits per heavy atom. The van der Waals surface area contributed by atoms with Crippen molar-refractivity contribution in [2.24, 2.45) is 0 Å². The second-order valence-electron chi connectivity index (χ2n) is 6.44. The average molecular weight is 332 g/mol. The van der Waals surface area contributed by atoms with E-state index in [4.69, 9.17) is 9.47 Å². The molecular formula is C14H24N2O5S. The van der Waals surface area contributed by atoms with Crippen LogP contribution < -0.4 is 0 Å². The number of carbonyl (C=O) groups is 1. The normalized spacial score (nSPS) is 31.0. The monoisotopic (exact) mass is 332 g/mol. The van der Waals surface area contributed by atoms with E-state index in [9.17, 15) is 13.2 Å². The Morgan fingerprint density at radius 3 is 2.55 bits per heavy atom. The fourth-order valence-corrected chi connectivity index (χ4v) is 5.32. The average Bonchev–Trinajstić information content (AvgIpc) is 2.47. The topological polar surface area (TPSA) is 76.2 Å². The van der Waals surface area contributed by atoms with Gasteiger partial charge in [0, 0.05) is 26.1 Å². The Hall–Kier alpha value is -0.700. The number of ether oxygens (including phenoxy) is 2. The van der Waals surface area contributed by atoms with Crippen molar-refractivity contribution in [3.05, 3.63) is 0 Å². The molecule has 3 saturated heterocycles. The molecular weight excluding hydrogens is 308 g/mol. The van der Waals surface area contributed by atoms with Gasteiger partial charge in [-0.3, -0.25) is 9.69 Å². The minimum atomic E-state index is -3.19. The highest BCUT2D eigenvalue weighted by Crippen LogP contribution is 2.33. The summed E-state index contributed by atoms with van der Waals surface area (Å²) in [6.45, 7) is 6.23. The predicted molar refractivity (Wildman–Crippen MR) is 80.4 cm³/mol. The standard InChI is InChI=1S/C14H24N2O5S/c1-2-13(17)16-9-14(10-16)11-22(18,19)12(8-21-14)7-15-3-5-20-6-4-15/h12H,2-11H2,1H3/t12-/m0/s1. The quantitative estimate of drug-likeness (QED) is 0.668. The molecule has 126 valence electrons. The molecule has 1 atom stereocenters. The first-order chi connectivity index (χ1) is 10.4. The van der Waals surface area contributed by atoms with Crippen LogP contribution in [0.1, 0.15) is 13.3 Å². The van der Waals surface area contributed by atoms with Gasteiger partial charge in [0.1, 0.15) is 5.60 Å². The predicted octanol–water partition coefficient (Wildman–Crippen LogP) is -0.877. The Labute approximate surface area is 131 Å². The van der Waals surface area contributed by atoms with E-state index < -0.39 is 20.7 Å². The van der Waals surface area contributed by atoms with Crippen molar-refractivity contribution in [1.29, 1.82) is 0 Å². The molecule has 0 N–H and O–H groups in total. The molecule has 3 rings (SSSR count). The molecule has 0 unspecified atom stereocenters. The molecule has 0 bridgehead atoms. The Balaban J connectivity index is 1.57. The van der Waals surface area contributed by atoms with Crippen LogP contribution in [0.3, 0.4) is 0 Å². The van der Waals surface area contributed by atoms with Crippen LogP contribution in [0.4, 0.5) is 0 Å². The van der Waals surface area contributed by atoms with E-state index in [1.165, 1.54) is 0 Å². The van der Waals surface area contributed by atoms with Crippen molar-refractivity contribution in [2.45, 2.75) is 24.2 Å². The molecule has 0 aromatic rings. The number of carbonyl (C=O) groups excluding carboxylic acids is 1. The summed E-state index contributed by atoms with van der Waals surface area (Å²) >= 11 is 0. The number of likely N-dealkylation sites (tertiary alicyclic amines) is 1. The third kappa shape index (κ3) is 3.15. The van der Waals surface area contributed by atoms with Crippen LogP contribution in [0.2, 0.25) is 0 Å². The first-order valence-electron chi connectivity index (χ1n) is 7.87. The summed E-state index contributed by atoms with van der Waals surface area (Å²) in [6, 6.07) is 0. The van der Waals surface area contributed by atoms with Crippen molar-refractivity contribution in [3.63, 3.8) is 0 Å². The zero-order valence-corrected chi connectivity index (χ0v) is 13.8. The number of rotatable bonds is 3. The van der Waals surface area contributed by atoms with Crippen molar-refractivity contribution >= 4 is 15.7 Å². The van der Waals surface area contributed by atoms with Crippen LogP contribution in [0.15, 0.2) is 0 Å². The number of nitrogens with zero attached hydrogens (tertiary/aromatic N) is 2. The van der Waals surface area contributed by atoms with Crippen LogP contribution in [0, 0.1) is 0 Å². The van der Waals surface area contributed by atoms with Crippen LogP contribution in [-0.2, 0) is 24.1 Å². The maximum atomic E-state index is 12.6. The molecule has 0 aliphatic carbocycles. The van der Waals surface area contributed by atoms with Gasteiger partial charge in [0.15, 0.2) is 9.84 Å². The van der Waals surface area contributed by atoms with E-state index in [-0.39, 0.29) is 18.3 Å². The first kappa shape index (κ1) is 16.2. The van der Waals surface area contributed by atoms with E-state index in [0.29, 0.717) is 39.3 Å². The zero-order chi connectivity index (χ0) is 15.8. The Bertz CT molecular complexity index is 523. The number of hydrogen-bond donors (Lipinski definition) is 0. The molecule has 1 spiro atoms. The maximum absolute atomic E-state index is 12.6. The molecule has 0 radical (unpaired) electrons. The molecule has 0 saturated carbocycles. The van der Waals surface area contributed by atoms with E-state index >= 15 is 0 Å². The molecule has 3 aliphatic rings. The molecule has 0 aromatic carbocycles. The van der Waals surface area contributed by atoms with Crippen LogP contribution in [-0.4, -0.2) is 93.3 Å². The molecule has 0 aromatic heterocycles. The fraction of sp³-hybridized carbons (Fsp3) is 0.929. The second kappa shape index (κ2) is 6.07. The smallest absolute Gasteiger partial charge is 0.222 e. The molecule has 3 fully saturated rings. The Morgan fingerprint density at radius 1 is 1.27 bits per heavy atom. The van der Waals surface area contributed by atoms with Gasteiger partial charge in [0.25, 0.3) is 0 Å². The zero-order valence-electron chi connectivity index (χ0n) is 13.0. The third-order valence-corrected chi connectivity index (χ3v) is 6.96. The molecule has 8 heteroatoms. The minimum Gasteiger partial charge on any atom is -0.379 e. The van der Waals surface area contributed by atoms with Gasteiger partial charge in [-0.25, -0.2) is 8.42 Å². The van der Waals surface area contributed by atoms with Crippen molar-refractivity contribution in [2.75, 3.05) is 58.3 Å². The summed E-state index contributed by atoms with van der Waals surface area (Å²) in [5.41, 5.74) is -0.662. The number of sulfone groups is 1. The summed E-state index contributed by atoms with van der Waals surface area (Å²) in [7, 11) is -3.19. The summed E-state index contributed by atoms with van der Waals surface area (Å²) < 4.78 is 36.3. The van der Waals surface area contributed by atoms with Crippen molar-refractivity contribution < 1.29 is 22.7 Å². The lowest BCUT2D eigenvalue weighted by Crippen LogP contribution is -2.71. The van der Waals surface area contributed by atoms with Gasteiger partial charge in [-0.2, -0.15) is 0 Å². The van der Waals surface area contributed by atoms with Gasteiger partial charge in [-0.1, -0.05) is 6.92 Å². The molecule has 3 aliphatic heterocycles. The van der Waals surface area contributed by atoms with E-state index in [0.717, 1.165) is 13.1 Å². The molecule has 1 amide bonds. The van der Waals surface area contributed by atoms with Crippen LogP contribution >= 0.6 is 0 Å². The SMILES string of the molecule is CCC(=O)N1CC2(C1)CS(=O)(=O)[C@@H](CN1CCOCC1)CO2. The van der Waals surface area contributed by atoms with Crippen molar-refractivity contribution in [1.82, 2.24) is 9.80 Å². The highest BCUT2D eigenvalue weighted by molar-refractivity contribution is 7.92. The third-order valence-electron chi connectivity index (χ3n) is 4.73. The van der Waals surface area contributed by atoms with Crippen molar-refractivity contribution in [3.8, 4) is 0 Å². The fourth-order valence-electron chi connectivity index (χ4n) is 3.37. The Kier molecular flexibility index (Phi) is 4.46. The molecule has 3 heterocycles. The lowest BCUT2D eigenvalue weighted by atomic mass is 9.95. The number of morpholine rings is 1. The van der Waals surface area contributed by atoms with Gasteiger partial charge in [0.2, 0.25) is 5.91 Å². The van der Waals surface area contributed by atoms with Gasteiger partial charge in [-0.05, 0) is 0 Å². The number of amides is 1. The van der Waals surface area contributed by atoms with Gasteiger partial charge >= 0.3 is 0 Å². The summed E-state index contributed by atoms with van der Waals surface area (Å²) in [5, 5.41) is -0.466. The lowest BCUT2D eigenvalue weighted by molar-refractivity contribution is -0.165. The summed E-state index contributed by atoms with van der Waals surface area (Å²) in [4.78, 5) is 15.4. The first-order valence-corrected chi connectivity index (χ1v) is 9.59.